The van der Waals surface area contributed by atoms with Crippen molar-refractivity contribution in [2.75, 3.05) is 18.0 Å². The summed E-state index contributed by atoms with van der Waals surface area (Å²) in [5, 5.41) is 15.6. The van der Waals surface area contributed by atoms with E-state index < -0.39 is 0 Å². The molecule has 1 aliphatic heterocycles. The first-order chi connectivity index (χ1) is 10.7. The number of aliphatic hydroxyl groups is 1. The molecule has 3 rings (SSSR count). The molecule has 1 atom stereocenters. The van der Waals surface area contributed by atoms with Gasteiger partial charge in [0.15, 0.2) is 0 Å². The Morgan fingerprint density at radius 2 is 1.68 bits per heavy atom. The van der Waals surface area contributed by atoms with E-state index in [1.807, 2.05) is 18.2 Å². The van der Waals surface area contributed by atoms with Gasteiger partial charge in [0.1, 0.15) is 0 Å². The molecule has 1 saturated heterocycles. The first-order valence-electron chi connectivity index (χ1n) is 8.26. The number of carbonyl (C=O) groups is 1. The van der Waals surface area contributed by atoms with Gasteiger partial charge in [0, 0.05) is 30.9 Å². The van der Waals surface area contributed by atoms with Crippen LogP contribution in [0.1, 0.15) is 32.1 Å². The van der Waals surface area contributed by atoms with Gasteiger partial charge in [-0.25, -0.2) is 4.79 Å². The molecule has 0 bridgehead atoms. The van der Waals surface area contributed by atoms with E-state index in [4.69, 9.17) is 0 Å². The van der Waals surface area contributed by atoms with Crippen molar-refractivity contribution in [2.24, 2.45) is 0 Å². The minimum absolute atomic E-state index is 0.0682. The maximum absolute atomic E-state index is 12.1. The van der Waals surface area contributed by atoms with Crippen LogP contribution >= 0.6 is 0 Å². The molecule has 5 heteroatoms. The summed E-state index contributed by atoms with van der Waals surface area (Å²) in [6, 6.07) is 10.7. The van der Waals surface area contributed by atoms with E-state index in [0.29, 0.717) is 0 Å². The molecule has 0 unspecified atom stereocenters. The smallest absolute Gasteiger partial charge is 0.315 e. The van der Waals surface area contributed by atoms with Gasteiger partial charge < -0.3 is 20.6 Å². The molecular weight excluding hydrogens is 278 g/mol. The lowest BCUT2D eigenvalue weighted by molar-refractivity contribution is 0.117. The van der Waals surface area contributed by atoms with Crippen molar-refractivity contribution in [3.63, 3.8) is 0 Å². The molecule has 2 amide bonds. The Morgan fingerprint density at radius 3 is 2.41 bits per heavy atom. The molecule has 0 radical (unpaired) electrons. The SMILES string of the molecule is O=C(NC1CCC(O)CC1)N[C@H]1CCN(c2ccccc2)C1. The van der Waals surface area contributed by atoms with Crippen molar-refractivity contribution in [3.8, 4) is 0 Å². The molecule has 5 nitrogen and oxygen atoms in total. The highest BCUT2D eigenvalue weighted by atomic mass is 16.3. The number of aliphatic hydroxyl groups excluding tert-OH is 1. The molecule has 0 aromatic heterocycles. The van der Waals surface area contributed by atoms with Crippen LogP contribution in [-0.2, 0) is 0 Å². The Morgan fingerprint density at radius 1 is 1.00 bits per heavy atom. The van der Waals surface area contributed by atoms with Crippen molar-refractivity contribution in [3.05, 3.63) is 30.3 Å². The average Bonchev–Trinajstić information content (AvgIpc) is 2.99. The van der Waals surface area contributed by atoms with Gasteiger partial charge in [-0.1, -0.05) is 18.2 Å². The quantitative estimate of drug-likeness (QED) is 0.799. The number of nitrogens with zero attached hydrogens (tertiary/aromatic N) is 1. The van der Waals surface area contributed by atoms with Crippen molar-refractivity contribution >= 4 is 11.7 Å². The van der Waals surface area contributed by atoms with E-state index in [9.17, 15) is 9.90 Å². The third-order valence-corrected chi connectivity index (χ3v) is 4.68. The predicted molar refractivity (Wildman–Crippen MR) is 87.0 cm³/mol. The molecule has 3 N–H and O–H groups in total. The molecule has 2 aliphatic rings. The Kier molecular flexibility index (Phi) is 4.83. The summed E-state index contributed by atoms with van der Waals surface area (Å²) in [5.74, 6) is 0. The van der Waals surface area contributed by atoms with Gasteiger partial charge in [-0.3, -0.25) is 0 Å². The number of amides is 2. The molecule has 1 heterocycles. The summed E-state index contributed by atoms with van der Waals surface area (Å²) >= 11 is 0. The lowest BCUT2D eigenvalue weighted by Gasteiger charge is -2.27. The zero-order chi connectivity index (χ0) is 15.4. The van der Waals surface area contributed by atoms with Crippen LogP contribution in [0.15, 0.2) is 30.3 Å². The summed E-state index contributed by atoms with van der Waals surface area (Å²) in [4.78, 5) is 14.4. The number of anilines is 1. The minimum atomic E-state index is -0.185. The fraction of sp³-hybridized carbons (Fsp3) is 0.588. The van der Waals surface area contributed by atoms with Gasteiger partial charge in [-0.05, 0) is 44.2 Å². The monoisotopic (exact) mass is 303 g/mol. The third kappa shape index (κ3) is 3.91. The second-order valence-corrected chi connectivity index (χ2v) is 6.39. The second kappa shape index (κ2) is 7.01. The normalized spacial score (nSPS) is 28.4. The lowest BCUT2D eigenvalue weighted by atomic mass is 9.93. The Bertz CT molecular complexity index is 486. The maximum Gasteiger partial charge on any atom is 0.315 e. The number of carbonyl (C=O) groups excluding carboxylic acids is 1. The van der Waals surface area contributed by atoms with Gasteiger partial charge in [0.2, 0.25) is 0 Å². The van der Waals surface area contributed by atoms with Crippen LogP contribution < -0.4 is 15.5 Å². The number of hydrogen-bond donors (Lipinski definition) is 3. The summed E-state index contributed by atoms with van der Waals surface area (Å²) in [5.41, 5.74) is 1.22. The fourth-order valence-electron chi connectivity index (χ4n) is 3.38. The van der Waals surface area contributed by atoms with Crippen LogP contribution in [0.5, 0.6) is 0 Å². The predicted octanol–water partition coefficient (Wildman–Crippen LogP) is 1.87. The summed E-state index contributed by atoms with van der Waals surface area (Å²) in [6.45, 7) is 1.84. The number of para-hydroxylation sites is 1. The number of rotatable bonds is 3. The van der Waals surface area contributed by atoms with E-state index in [2.05, 4.69) is 27.7 Å². The molecule has 120 valence electrons. The topological polar surface area (TPSA) is 64.6 Å². The van der Waals surface area contributed by atoms with Crippen molar-refractivity contribution in [1.82, 2.24) is 10.6 Å². The Labute approximate surface area is 131 Å². The van der Waals surface area contributed by atoms with Crippen molar-refractivity contribution in [2.45, 2.75) is 50.3 Å². The van der Waals surface area contributed by atoms with Gasteiger partial charge in [-0.15, -0.1) is 0 Å². The van der Waals surface area contributed by atoms with E-state index >= 15 is 0 Å². The summed E-state index contributed by atoms with van der Waals surface area (Å²) in [7, 11) is 0. The second-order valence-electron chi connectivity index (χ2n) is 6.39. The van der Waals surface area contributed by atoms with Crippen LogP contribution in [-0.4, -0.2) is 42.4 Å². The highest BCUT2D eigenvalue weighted by molar-refractivity contribution is 5.74. The number of hydrogen-bond acceptors (Lipinski definition) is 3. The molecular formula is C17H25N3O2. The summed E-state index contributed by atoms with van der Waals surface area (Å²) < 4.78 is 0. The fourth-order valence-corrected chi connectivity index (χ4v) is 3.38. The molecule has 1 aromatic rings. The molecule has 0 spiro atoms. The van der Waals surface area contributed by atoms with E-state index in [0.717, 1.165) is 45.2 Å². The standard InChI is InChI=1S/C17H25N3O2/c21-16-8-6-13(7-9-16)18-17(22)19-14-10-11-20(12-14)15-4-2-1-3-5-15/h1-5,13-14,16,21H,6-12H2,(H2,18,19,22)/t13?,14-,16?/m0/s1. The van der Waals surface area contributed by atoms with Crippen molar-refractivity contribution < 1.29 is 9.90 Å². The average molecular weight is 303 g/mol. The highest BCUT2D eigenvalue weighted by Crippen LogP contribution is 2.20. The first-order valence-corrected chi connectivity index (χ1v) is 8.26. The zero-order valence-electron chi connectivity index (χ0n) is 12.9. The van der Waals surface area contributed by atoms with Crippen LogP contribution in [0, 0.1) is 0 Å². The number of nitrogens with one attached hydrogen (secondary N) is 2. The van der Waals surface area contributed by atoms with E-state index in [1.165, 1.54) is 5.69 Å². The number of benzene rings is 1. The van der Waals surface area contributed by atoms with Gasteiger partial charge in [0.05, 0.1) is 6.10 Å². The Hall–Kier alpha value is -1.75. The summed E-state index contributed by atoms with van der Waals surface area (Å²) in [6.07, 6.45) is 4.11. The van der Waals surface area contributed by atoms with E-state index in [-0.39, 0.29) is 24.2 Å². The zero-order valence-corrected chi connectivity index (χ0v) is 12.9. The molecule has 1 saturated carbocycles. The lowest BCUT2D eigenvalue weighted by Crippen LogP contribution is -2.48. The minimum Gasteiger partial charge on any atom is -0.393 e. The molecule has 1 aliphatic carbocycles. The molecule has 22 heavy (non-hydrogen) atoms. The number of urea groups is 1. The third-order valence-electron chi connectivity index (χ3n) is 4.68. The molecule has 2 fully saturated rings. The van der Waals surface area contributed by atoms with Crippen LogP contribution in [0.4, 0.5) is 10.5 Å². The van der Waals surface area contributed by atoms with E-state index in [1.54, 1.807) is 0 Å². The van der Waals surface area contributed by atoms with Gasteiger partial charge in [0.25, 0.3) is 0 Å². The van der Waals surface area contributed by atoms with Crippen molar-refractivity contribution in [1.29, 1.82) is 0 Å². The Balaban J connectivity index is 1.43. The largest absolute Gasteiger partial charge is 0.393 e. The van der Waals surface area contributed by atoms with Gasteiger partial charge >= 0.3 is 6.03 Å². The van der Waals surface area contributed by atoms with Crippen LogP contribution in [0.2, 0.25) is 0 Å². The van der Waals surface area contributed by atoms with Crippen LogP contribution in [0.25, 0.3) is 0 Å². The maximum atomic E-state index is 12.1. The molecule has 1 aromatic carbocycles. The highest BCUT2D eigenvalue weighted by Gasteiger charge is 2.26. The van der Waals surface area contributed by atoms with Gasteiger partial charge in [-0.2, -0.15) is 0 Å². The first kappa shape index (κ1) is 15.2. The van der Waals surface area contributed by atoms with Crippen LogP contribution in [0.3, 0.4) is 0 Å².